The summed E-state index contributed by atoms with van der Waals surface area (Å²) in [5, 5.41) is 0. The van der Waals surface area contributed by atoms with E-state index in [4.69, 9.17) is 0 Å². The Hall–Kier alpha value is -0.430. The van der Waals surface area contributed by atoms with Gasteiger partial charge in [0.15, 0.2) is 0 Å². The summed E-state index contributed by atoms with van der Waals surface area (Å²) in [5.41, 5.74) is 2.97. The maximum absolute atomic E-state index is 2.38. The van der Waals surface area contributed by atoms with Crippen molar-refractivity contribution in [2.24, 2.45) is 0 Å². The second-order valence-electron chi connectivity index (χ2n) is 4.54. The average molecular weight is 222 g/mol. The summed E-state index contributed by atoms with van der Waals surface area (Å²) in [7, 11) is 0. The number of rotatable bonds is 4. The van der Waals surface area contributed by atoms with Gasteiger partial charge in [-0.1, -0.05) is 46.8 Å². The molecule has 15 heavy (non-hydrogen) atoms. The molecule has 1 heteroatoms. The lowest BCUT2D eigenvalue weighted by Gasteiger charge is -2.15. The van der Waals surface area contributed by atoms with Gasteiger partial charge < -0.3 is 0 Å². The first-order valence-corrected chi connectivity index (χ1v) is 6.81. The molecule has 0 atom stereocenters. The highest BCUT2D eigenvalue weighted by Gasteiger charge is 2.09. The molecule has 1 aromatic carbocycles. The predicted octanol–water partition coefficient (Wildman–Crippen LogP) is 5.05. The van der Waals surface area contributed by atoms with E-state index in [9.17, 15) is 0 Å². The van der Waals surface area contributed by atoms with Crippen LogP contribution in [-0.2, 0) is 0 Å². The van der Waals surface area contributed by atoms with Crippen LogP contribution in [0.4, 0.5) is 0 Å². The van der Waals surface area contributed by atoms with E-state index in [1.54, 1.807) is 0 Å². The molecule has 0 aliphatic carbocycles. The Morgan fingerprint density at radius 1 is 1.07 bits per heavy atom. The van der Waals surface area contributed by atoms with Crippen molar-refractivity contribution < 1.29 is 0 Å². The molecule has 0 saturated carbocycles. The van der Waals surface area contributed by atoms with Gasteiger partial charge in [-0.25, -0.2) is 0 Å². The molecule has 0 saturated heterocycles. The van der Waals surface area contributed by atoms with E-state index in [-0.39, 0.29) is 0 Å². The summed E-state index contributed by atoms with van der Waals surface area (Å²) in [6.07, 6.45) is 0. The second kappa shape index (κ2) is 5.60. The van der Waals surface area contributed by atoms with Gasteiger partial charge in [0, 0.05) is 4.90 Å². The fraction of sp³-hybridized carbons (Fsp3) is 0.571. The number of benzene rings is 1. The normalized spacial score (nSPS) is 11.4. The molecular formula is C14H22S. The third-order valence-electron chi connectivity index (χ3n) is 2.62. The predicted molar refractivity (Wildman–Crippen MR) is 71.0 cm³/mol. The molecule has 0 N–H and O–H groups in total. The van der Waals surface area contributed by atoms with Crippen LogP contribution < -0.4 is 0 Å². The molecule has 0 heterocycles. The first-order chi connectivity index (χ1) is 7.06. The lowest BCUT2D eigenvalue weighted by atomic mass is 9.96. The Kier molecular flexibility index (Phi) is 4.72. The van der Waals surface area contributed by atoms with Crippen LogP contribution in [0.1, 0.15) is 57.6 Å². The zero-order chi connectivity index (χ0) is 11.4. The molecule has 0 bridgehead atoms. The standard InChI is InChI=1S/C14H22S/c1-6-15-14-8-7-12(10(2)3)9-13(14)11(4)5/h7-11H,6H2,1-5H3. The van der Waals surface area contributed by atoms with E-state index < -0.39 is 0 Å². The first kappa shape index (κ1) is 12.6. The molecule has 84 valence electrons. The highest BCUT2D eigenvalue weighted by Crippen LogP contribution is 2.31. The zero-order valence-corrected chi connectivity index (χ0v) is 11.3. The monoisotopic (exact) mass is 222 g/mol. The zero-order valence-electron chi connectivity index (χ0n) is 10.5. The third-order valence-corrected chi connectivity index (χ3v) is 3.59. The van der Waals surface area contributed by atoms with Crippen LogP contribution in [-0.4, -0.2) is 5.75 Å². The lowest BCUT2D eigenvalue weighted by molar-refractivity contribution is 0.815. The van der Waals surface area contributed by atoms with Gasteiger partial charge in [-0.2, -0.15) is 0 Å². The van der Waals surface area contributed by atoms with Crippen LogP contribution in [0.5, 0.6) is 0 Å². The van der Waals surface area contributed by atoms with Crippen molar-refractivity contribution in [2.45, 2.75) is 51.3 Å². The summed E-state index contributed by atoms with van der Waals surface area (Å²) in [6.45, 7) is 11.3. The minimum absolute atomic E-state index is 0.623. The fourth-order valence-corrected chi connectivity index (χ4v) is 2.60. The van der Waals surface area contributed by atoms with Gasteiger partial charge in [0.2, 0.25) is 0 Å². The van der Waals surface area contributed by atoms with E-state index in [0.717, 1.165) is 5.75 Å². The van der Waals surface area contributed by atoms with Crippen LogP contribution in [0.25, 0.3) is 0 Å². The van der Waals surface area contributed by atoms with Crippen molar-refractivity contribution in [3.05, 3.63) is 29.3 Å². The van der Waals surface area contributed by atoms with Gasteiger partial charge >= 0.3 is 0 Å². The van der Waals surface area contributed by atoms with E-state index in [1.807, 2.05) is 11.8 Å². The summed E-state index contributed by atoms with van der Waals surface area (Å²) < 4.78 is 0. The summed E-state index contributed by atoms with van der Waals surface area (Å²) in [5.74, 6) is 2.40. The Labute approximate surface area is 98.5 Å². The van der Waals surface area contributed by atoms with Gasteiger partial charge in [0.1, 0.15) is 0 Å². The van der Waals surface area contributed by atoms with Gasteiger partial charge in [-0.05, 0) is 34.8 Å². The van der Waals surface area contributed by atoms with Crippen molar-refractivity contribution in [3.8, 4) is 0 Å². The summed E-state index contributed by atoms with van der Waals surface area (Å²) >= 11 is 1.95. The second-order valence-corrected chi connectivity index (χ2v) is 5.85. The summed E-state index contributed by atoms with van der Waals surface area (Å²) in [4.78, 5) is 1.46. The molecule has 0 amide bonds. The Morgan fingerprint density at radius 2 is 1.73 bits per heavy atom. The average Bonchev–Trinajstić information content (AvgIpc) is 2.18. The van der Waals surface area contributed by atoms with E-state index in [2.05, 4.69) is 52.8 Å². The minimum atomic E-state index is 0.623. The number of hydrogen-bond donors (Lipinski definition) is 0. The Balaban J connectivity index is 3.09. The van der Waals surface area contributed by atoms with Gasteiger partial charge in [0.05, 0.1) is 0 Å². The number of thioether (sulfide) groups is 1. The molecule has 0 radical (unpaired) electrons. The number of hydrogen-bond acceptors (Lipinski definition) is 1. The highest BCUT2D eigenvalue weighted by atomic mass is 32.2. The topological polar surface area (TPSA) is 0 Å². The van der Waals surface area contributed by atoms with E-state index in [1.165, 1.54) is 16.0 Å². The van der Waals surface area contributed by atoms with Gasteiger partial charge in [0.25, 0.3) is 0 Å². The third kappa shape index (κ3) is 3.27. The van der Waals surface area contributed by atoms with Crippen molar-refractivity contribution in [1.82, 2.24) is 0 Å². The molecule has 0 aromatic heterocycles. The maximum Gasteiger partial charge on any atom is 0.0107 e. The van der Waals surface area contributed by atoms with Crippen molar-refractivity contribution in [3.63, 3.8) is 0 Å². The van der Waals surface area contributed by atoms with Crippen molar-refractivity contribution in [1.29, 1.82) is 0 Å². The molecule has 1 aromatic rings. The molecule has 0 aliphatic heterocycles. The SMILES string of the molecule is CCSc1ccc(C(C)C)cc1C(C)C. The van der Waals surface area contributed by atoms with E-state index >= 15 is 0 Å². The molecular weight excluding hydrogens is 200 g/mol. The molecule has 0 nitrogen and oxygen atoms in total. The Bertz CT molecular complexity index is 313. The minimum Gasteiger partial charge on any atom is -0.126 e. The molecule has 0 unspecified atom stereocenters. The van der Waals surface area contributed by atoms with Crippen molar-refractivity contribution >= 4 is 11.8 Å². The van der Waals surface area contributed by atoms with Crippen LogP contribution in [0.3, 0.4) is 0 Å². The smallest absolute Gasteiger partial charge is 0.0107 e. The highest BCUT2D eigenvalue weighted by molar-refractivity contribution is 7.99. The molecule has 0 fully saturated rings. The largest absolute Gasteiger partial charge is 0.126 e. The first-order valence-electron chi connectivity index (χ1n) is 5.82. The molecule has 0 spiro atoms. The quantitative estimate of drug-likeness (QED) is 0.643. The van der Waals surface area contributed by atoms with Gasteiger partial charge in [-0.15, -0.1) is 11.8 Å². The van der Waals surface area contributed by atoms with Crippen LogP contribution in [0, 0.1) is 0 Å². The molecule has 0 aliphatic rings. The van der Waals surface area contributed by atoms with Crippen molar-refractivity contribution in [2.75, 3.05) is 5.75 Å². The van der Waals surface area contributed by atoms with Crippen LogP contribution >= 0.6 is 11.8 Å². The fourth-order valence-electron chi connectivity index (χ4n) is 1.66. The van der Waals surface area contributed by atoms with Crippen LogP contribution in [0.2, 0.25) is 0 Å². The molecule has 1 rings (SSSR count). The Morgan fingerprint density at radius 3 is 2.20 bits per heavy atom. The van der Waals surface area contributed by atoms with Crippen LogP contribution in [0.15, 0.2) is 23.1 Å². The van der Waals surface area contributed by atoms with E-state index in [0.29, 0.717) is 11.8 Å². The lowest BCUT2D eigenvalue weighted by Crippen LogP contribution is -1.95. The maximum atomic E-state index is 2.38. The summed E-state index contributed by atoms with van der Waals surface area (Å²) in [6, 6.07) is 6.95. The van der Waals surface area contributed by atoms with Gasteiger partial charge in [-0.3, -0.25) is 0 Å².